The lowest BCUT2D eigenvalue weighted by Crippen LogP contribution is -2.36. The van der Waals surface area contributed by atoms with Crippen molar-refractivity contribution in [2.75, 3.05) is 31.2 Å². The molecule has 3 heterocycles. The molecular weight excluding hydrogens is 450 g/mol. The molecule has 3 aliphatic rings. The number of hydrogen-bond acceptors (Lipinski definition) is 7. The smallest absolute Gasteiger partial charge is 0.149 e. The van der Waals surface area contributed by atoms with Gasteiger partial charge in [0.2, 0.25) is 0 Å². The van der Waals surface area contributed by atoms with Gasteiger partial charge in [0, 0.05) is 55.6 Å². The van der Waals surface area contributed by atoms with Gasteiger partial charge in [0.25, 0.3) is 0 Å². The van der Waals surface area contributed by atoms with Crippen molar-refractivity contribution in [2.45, 2.75) is 44.6 Å². The highest BCUT2D eigenvalue weighted by atomic mass is 35.5. The number of morpholine rings is 1. The highest BCUT2D eigenvalue weighted by molar-refractivity contribution is 6.31. The van der Waals surface area contributed by atoms with Crippen LogP contribution < -0.4 is 9.64 Å². The summed E-state index contributed by atoms with van der Waals surface area (Å²) in [7, 11) is 0. The predicted octanol–water partition coefficient (Wildman–Crippen LogP) is 4.66. The standard InChI is InChI=1S/C26H28ClN5O2/c27-26-20-2-1-3-21(20)30-24(31-26)14-17-4-6-19(7-5-17)34-23-16-18(32-10-12-33-13-11-32)15-22-25(23)29-9-8-28-22/h1-2,8-9,15-17,19H,3-7,10-14H2. The Balaban J connectivity index is 1.13. The van der Waals surface area contributed by atoms with Crippen LogP contribution in [0.25, 0.3) is 17.1 Å². The van der Waals surface area contributed by atoms with E-state index in [1.165, 1.54) is 0 Å². The van der Waals surface area contributed by atoms with Crippen molar-refractivity contribution < 1.29 is 9.47 Å². The number of rotatable bonds is 5. The third-order valence-electron chi connectivity index (χ3n) is 7.08. The second kappa shape index (κ2) is 9.47. The van der Waals surface area contributed by atoms with Crippen LogP contribution >= 0.6 is 11.6 Å². The van der Waals surface area contributed by atoms with Crippen LogP contribution in [0.2, 0.25) is 5.15 Å². The molecule has 7 nitrogen and oxygen atoms in total. The van der Waals surface area contributed by atoms with Crippen molar-refractivity contribution >= 4 is 34.4 Å². The molecule has 6 rings (SSSR count). The molecule has 176 valence electrons. The molecule has 2 fully saturated rings. The number of fused-ring (bicyclic) bond motifs is 2. The number of allylic oxidation sites excluding steroid dienone is 1. The molecule has 0 amide bonds. The van der Waals surface area contributed by atoms with E-state index in [4.69, 9.17) is 26.1 Å². The topological polar surface area (TPSA) is 73.3 Å². The van der Waals surface area contributed by atoms with Gasteiger partial charge in [0.15, 0.2) is 0 Å². The number of hydrogen-bond donors (Lipinski definition) is 0. The lowest BCUT2D eigenvalue weighted by atomic mass is 9.85. The summed E-state index contributed by atoms with van der Waals surface area (Å²) in [5.41, 5.74) is 4.86. The van der Waals surface area contributed by atoms with E-state index in [1.807, 2.05) is 6.08 Å². The SMILES string of the molecule is Clc1nc(CC2CCC(Oc3cc(N4CCOCC4)cc4nccnc34)CC2)nc2c1C=CC2. The van der Waals surface area contributed by atoms with E-state index in [0.29, 0.717) is 11.1 Å². The third-order valence-corrected chi connectivity index (χ3v) is 7.37. The van der Waals surface area contributed by atoms with E-state index in [1.54, 1.807) is 12.4 Å². The van der Waals surface area contributed by atoms with Crippen molar-refractivity contribution in [1.29, 1.82) is 0 Å². The third kappa shape index (κ3) is 4.46. The van der Waals surface area contributed by atoms with Crippen molar-refractivity contribution in [3.05, 3.63) is 52.8 Å². The molecule has 1 aromatic carbocycles. The normalized spacial score (nSPS) is 22.2. The van der Waals surface area contributed by atoms with Gasteiger partial charge in [-0.2, -0.15) is 0 Å². The van der Waals surface area contributed by atoms with Crippen LogP contribution in [0, 0.1) is 5.92 Å². The second-order valence-corrected chi connectivity index (χ2v) is 9.69. The Hall–Kier alpha value is -2.77. The maximum atomic E-state index is 6.56. The minimum absolute atomic E-state index is 0.176. The lowest BCUT2D eigenvalue weighted by molar-refractivity contribution is 0.122. The van der Waals surface area contributed by atoms with Crippen molar-refractivity contribution in [1.82, 2.24) is 19.9 Å². The zero-order valence-corrected chi connectivity index (χ0v) is 19.9. The largest absolute Gasteiger partial charge is 0.488 e. The Morgan fingerprint density at radius 3 is 2.71 bits per heavy atom. The second-order valence-electron chi connectivity index (χ2n) is 9.33. The van der Waals surface area contributed by atoms with Crippen LogP contribution in [0.5, 0.6) is 5.75 Å². The monoisotopic (exact) mass is 477 g/mol. The Labute approximate surface area is 204 Å². The predicted molar refractivity (Wildman–Crippen MR) is 132 cm³/mol. The average Bonchev–Trinajstić information content (AvgIpc) is 3.35. The maximum Gasteiger partial charge on any atom is 0.149 e. The summed E-state index contributed by atoms with van der Waals surface area (Å²) >= 11 is 6.38. The number of ether oxygens (including phenoxy) is 2. The average molecular weight is 478 g/mol. The zero-order valence-electron chi connectivity index (χ0n) is 19.1. The molecule has 34 heavy (non-hydrogen) atoms. The fourth-order valence-electron chi connectivity index (χ4n) is 5.25. The Bertz CT molecular complexity index is 1220. The highest BCUT2D eigenvalue weighted by Gasteiger charge is 2.26. The number of halogens is 1. The lowest BCUT2D eigenvalue weighted by Gasteiger charge is -2.31. The summed E-state index contributed by atoms with van der Waals surface area (Å²) in [5.74, 6) is 2.26. The Morgan fingerprint density at radius 1 is 1.03 bits per heavy atom. The van der Waals surface area contributed by atoms with Crippen LogP contribution in [0.1, 0.15) is 42.8 Å². The van der Waals surface area contributed by atoms with Crippen molar-refractivity contribution in [3.63, 3.8) is 0 Å². The summed E-state index contributed by atoms with van der Waals surface area (Å²) < 4.78 is 12.1. The van der Waals surface area contributed by atoms with Gasteiger partial charge in [-0.3, -0.25) is 4.98 Å². The molecule has 1 aliphatic heterocycles. The van der Waals surface area contributed by atoms with E-state index in [-0.39, 0.29) is 6.10 Å². The minimum Gasteiger partial charge on any atom is -0.488 e. The van der Waals surface area contributed by atoms with E-state index < -0.39 is 0 Å². The number of nitrogens with zero attached hydrogens (tertiary/aromatic N) is 5. The fraction of sp³-hybridized carbons (Fsp3) is 0.462. The van der Waals surface area contributed by atoms with Gasteiger partial charge in [-0.15, -0.1) is 0 Å². The van der Waals surface area contributed by atoms with Crippen LogP contribution in [0.3, 0.4) is 0 Å². The summed E-state index contributed by atoms with van der Waals surface area (Å²) in [5, 5.41) is 0.582. The first-order valence-electron chi connectivity index (χ1n) is 12.2. The molecule has 0 radical (unpaired) electrons. The quantitative estimate of drug-likeness (QED) is 0.495. The summed E-state index contributed by atoms with van der Waals surface area (Å²) in [4.78, 5) is 20.8. The van der Waals surface area contributed by atoms with Crippen molar-refractivity contribution in [3.8, 4) is 5.75 Å². The summed E-state index contributed by atoms with van der Waals surface area (Å²) in [6.07, 6.45) is 13.7. The van der Waals surface area contributed by atoms with Crippen LogP contribution in [-0.4, -0.2) is 52.3 Å². The minimum atomic E-state index is 0.176. The number of anilines is 1. The van der Waals surface area contributed by atoms with Gasteiger partial charge < -0.3 is 14.4 Å². The van der Waals surface area contributed by atoms with Crippen LogP contribution in [-0.2, 0) is 17.6 Å². The number of benzene rings is 1. The summed E-state index contributed by atoms with van der Waals surface area (Å²) in [6.45, 7) is 3.24. The van der Waals surface area contributed by atoms with Gasteiger partial charge in [0.1, 0.15) is 22.2 Å². The van der Waals surface area contributed by atoms with Crippen LogP contribution in [0.15, 0.2) is 30.6 Å². The van der Waals surface area contributed by atoms with Crippen molar-refractivity contribution in [2.24, 2.45) is 5.92 Å². The molecule has 0 unspecified atom stereocenters. The molecule has 3 aromatic rings. The van der Waals surface area contributed by atoms with E-state index >= 15 is 0 Å². The highest BCUT2D eigenvalue weighted by Crippen LogP contribution is 2.35. The Morgan fingerprint density at radius 2 is 1.85 bits per heavy atom. The molecule has 0 atom stereocenters. The molecule has 0 bridgehead atoms. The first kappa shape index (κ1) is 21.7. The first-order valence-corrected chi connectivity index (χ1v) is 12.6. The van der Waals surface area contributed by atoms with Gasteiger partial charge in [-0.05, 0) is 37.7 Å². The van der Waals surface area contributed by atoms with Gasteiger partial charge in [0.05, 0.1) is 30.5 Å². The molecule has 2 aliphatic carbocycles. The molecule has 1 saturated carbocycles. The maximum absolute atomic E-state index is 6.56. The Kier molecular flexibility index (Phi) is 6.05. The van der Waals surface area contributed by atoms with E-state index in [2.05, 4.69) is 38.1 Å². The summed E-state index contributed by atoms with van der Waals surface area (Å²) in [6, 6.07) is 4.23. The fourth-order valence-corrected chi connectivity index (χ4v) is 5.52. The number of aromatic nitrogens is 4. The van der Waals surface area contributed by atoms with Crippen LogP contribution in [0.4, 0.5) is 5.69 Å². The molecule has 8 heteroatoms. The van der Waals surface area contributed by atoms with Gasteiger partial charge >= 0.3 is 0 Å². The first-order chi connectivity index (χ1) is 16.7. The van der Waals surface area contributed by atoms with Gasteiger partial charge in [-0.1, -0.05) is 23.8 Å². The zero-order chi connectivity index (χ0) is 22.9. The van der Waals surface area contributed by atoms with E-state index in [9.17, 15) is 0 Å². The molecular formula is C26H28ClN5O2. The molecule has 0 N–H and O–H groups in total. The molecule has 2 aromatic heterocycles. The van der Waals surface area contributed by atoms with E-state index in [0.717, 1.165) is 104 Å². The van der Waals surface area contributed by atoms with Gasteiger partial charge in [-0.25, -0.2) is 15.0 Å². The molecule has 1 saturated heterocycles. The molecule has 0 spiro atoms.